The van der Waals surface area contributed by atoms with Crippen LogP contribution in [-0.2, 0) is 19.1 Å². The maximum atomic E-state index is 12.8. The van der Waals surface area contributed by atoms with Gasteiger partial charge in [0, 0.05) is 5.56 Å². The molecule has 2 saturated carbocycles. The molecule has 7 heteroatoms. The summed E-state index contributed by atoms with van der Waals surface area (Å²) in [6.07, 6.45) is 5.26. The van der Waals surface area contributed by atoms with Crippen LogP contribution in [0.5, 0.6) is 5.75 Å². The van der Waals surface area contributed by atoms with Crippen molar-refractivity contribution in [3.63, 3.8) is 0 Å². The highest BCUT2D eigenvalue weighted by atomic mass is 16.5. The van der Waals surface area contributed by atoms with Gasteiger partial charge < -0.3 is 9.47 Å². The van der Waals surface area contributed by atoms with Gasteiger partial charge in [-0.3, -0.25) is 24.1 Å². The van der Waals surface area contributed by atoms with Crippen LogP contribution < -0.4 is 4.74 Å². The molecule has 3 fully saturated rings. The normalized spacial score (nSPS) is 33.3. The third kappa shape index (κ3) is 2.79. The van der Waals surface area contributed by atoms with E-state index in [4.69, 9.17) is 9.47 Å². The number of hydrogen-bond donors (Lipinski definition) is 0. The highest BCUT2D eigenvalue weighted by molar-refractivity contribution is 6.08. The standard InChI is InChI=1S/C22H21NO6/c1-28-12-4-2-11(3-5-12)17(24)10-29-18(25)9-23-21(26)19-13-6-7-14(16-8-15(13)16)20(19)22(23)27/h2-7,13-16,19-20H,8-10H2,1H3/t13-,14-,15-,16-,19-,20+/m0/s1. The lowest BCUT2D eigenvalue weighted by Crippen LogP contribution is -2.40. The van der Waals surface area contributed by atoms with E-state index in [0.717, 1.165) is 11.3 Å². The maximum absolute atomic E-state index is 12.8. The Labute approximate surface area is 167 Å². The molecule has 6 atom stereocenters. The van der Waals surface area contributed by atoms with Gasteiger partial charge in [-0.2, -0.15) is 0 Å². The predicted octanol–water partition coefficient (Wildman–Crippen LogP) is 1.47. The summed E-state index contributed by atoms with van der Waals surface area (Å²) in [5.41, 5.74) is 0.389. The Morgan fingerprint density at radius 1 is 1.00 bits per heavy atom. The molecule has 1 saturated heterocycles. The van der Waals surface area contributed by atoms with E-state index in [1.54, 1.807) is 24.3 Å². The van der Waals surface area contributed by atoms with Crippen molar-refractivity contribution in [1.29, 1.82) is 0 Å². The van der Waals surface area contributed by atoms with Gasteiger partial charge in [-0.25, -0.2) is 0 Å². The van der Waals surface area contributed by atoms with Crippen molar-refractivity contribution in [2.75, 3.05) is 20.3 Å². The molecule has 5 aliphatic rings. The zero-order valence-electron chi connectivity index (χ0n) is 15.9. The van der Waals surface area contributed by atoms with Crippen LogP contribution in [0.4, 0.5) is 0 Å². The number of imide groups is 1. The van der Waals surface area contributed by atoms with E-state index in [9.17, 15) is 19.2 Å². The monoisotopic (exact) mass is 395 g/mol. The first-order valence-electron chi connectivity index (χ1n) is 9.86. The van der Waals surface area contributed by atoms with E-state index in [2.05, 4.69) is 12.2 Å². The second-order valence-electron chi connectivity index (χ2n) is 8.23. The first-order chi connectivity index (χ1) is 14.0. The Balaban J connectivity index is 1.20. The van der Waals surface area contributed by atoms with Crippen LogP contribution in [-0.4, -0.2) is 48.7 Å². The minimum Gasteiger partial charge on any atom is -0.497 e. The zero-order valence-corrected chi connectivity index (χ0v) is 15.9. The summed E-state index contributed by atoms with van der Waals surface area (Å²) in [4.78, 5) is 51.1. The minimum absolute atomic E-state index is 0.115. The number of rotatable bonds is 6. The summed E-state index contributed by atoms with van der Waals surface area (Å²) in [6.45, 7) is -0.874. The second kappa shape index (κ2) is 6.54. The van der Waals surface area contributed by atoms with Gasteiger partial charge in [0.25, 0.3) is 0 Å². The highest BCUT2D eigenvalue weighted by Crippen LogP contribution is 2.65. The Kier molecular flexibility index (Phi) is 4.08. The molecule has 6 rings (SSSR count). The van der Waals surface area contributed by atoms with Gasteiger partial charge >= 0.3 is 5.97 Å². The van der Waals surface area contributed by atoms with Crippen LogP contribution in [0.2, 0.25) is 0 Å². The molecular formula is C22H21NO6. The minimum atomic E-state index is -0.752. The number of ketones is 1. The van der Waals surface area contributed by atoms with Gasteiger partial charge in [-0.1, -0.05) is 12.2 Å². The molecule has 0 N–H and O–H groups in total. The summed E-state index contributed by atoms with van der Waals surface area (Å²) in [5.74, 6) is -0.473. The van der Waals surface area contributed by atoms with Crippen molar-refractivity contribution in [2.24, 2.45) is 35.5 Å². The molecule has 1 aromatic carbocycles. The van der Waals surface area contributed by atoms with Crippen LogP contribution in [0.1, 0.15) is 16.8 Å². The molecule has 0 spiro atoms. The third-order valence-corrected chi connectivity index (χ3v) is 6.82. The summed E-state index contributed by atoms with van der Waals surface area (Å²) in [5, 5.41) is 0. The summed E-state index contributed by atoms with van der Waals surface area (Å²) in [6, 6.07) is 6.46. The van der Waals surface area contributed by atoms with Crippen LogP contribution in [0, 0.1) is 35.5 Å². The molecule has 29 heavy (non-hydrogen) atoms. The fourth-order valence-electron chi connectivity index (χ4n) is 5.36. The van der Waals surface area contributed by atoms with Crippen molar-refractivity contribution in [3.8, 4) is 5.75 Å². The topological polar surface area (TPSA) is 90.0 Å². The van der Waals surface area contributed by atoms with Crippen LogP contribution in [0.3, 0.4) is 0 Å². The predicted molar refractivity (Wildman–Crippen MR) is 99.7 cm³/mol. The maximum Gasteiger partial charge on any atom is 0.326 e. The third-order valence-electron chi connectivity index (χ3n) is 6.82. The fourth-order valence-corrected chi connectivity index (χ4v) is 5.36. The van der Waals surface area contributed by atoms with Crippen molar-refractivity contribution < 1.29 is 28.7 Å². The average molecular weight is 395 g/mol. The molecule has 1 heterocycles. The van der Waals surface area contributed by atoms with Gasteiger partial charge in [0.05, 0.1) is 18.9 Å². The number of likely N-dealkylation sites (tertiary alicyclic amines) is 1. The van der Waals surface area contributed by atoms with E-state index in [0.29, 0.717) is 23.1 Å². The lowest BCUT2D eigenvalue weighted by Gasteiger charge is -2.37. The molecule has 7 nitrogen and oxygen atoms in total. The number of Topliss-reactive ketones (excluding diaryl/α,β-unsaturated/α-hetero) is 1. The summed E-state index contributed by atoms with van der Waals surface area (Å²) in [7, 11) is 1.53. The van der Waals surface area contributed by atoms with Crippen LogP contribution in [0.25, 0.3) is 0 Å². The van der Waals surface area contributed by atoms with Crippen molar-refractivity contribution in [1.82, 2.24) is 4.90 Å². The average Bonchev–Trinajstić information content (AvgIpc) is 3.53. The van der Waals surface area contributed by atoms with Crippen LogP contribution >= 0.6 is 0 Å². The van der Waals surface area contributed by atoms with E-state index < -0.39 is 19.1 Å². The fraction of sp³-hybridized carbons (Fsp3) is 0.455. The van der Waals surface area contributed by atoms with Crippen molar-refractivity contribution in [2.45, 2.75) is 6.42 Å². The number of allylic oxidation sites excluding steroid dienone is 2. The molecule has 0 aromatic heterocycles. The molecule has 1 aromatic rings. The Bertz CT molecular complexity index is 899. The number of esters is 1. The van der Waals surface area contributed by atoms with E-state index in [-0.39, 0.29) is 41.3 Å². The first kappa shape index (κ1) is 18.1. The number of carbonyl (C=O) groups is 4. The molecule has 2 amide bonds. The zero-order chi connectivity index (χ0) is 20.3. The van der Waals surface area contributed by atoms with Gasteiger partial charge in [-0.15, -0.1) is 0 Å². The van der Waals surface area contributed by atoms with E-state index in [1.165, 1.54) is 7.11 Å². The number of hydrogen-bond acceptors (Lipinski definition) is 6. The SMILES string of the molecule is COc1ccc(C(=O)COC(=O)CN2C(=O)[C@@H]3[C@H]4C=C[C@@H]([C@@H]5C[C@@H]45)[C@@H]3C2=O)cc1. The largest absolute Gasteiger partial charge is 0.497 e. The van der Waals surface area contributed by atoms with Gasteiger partial charge in [0.1, 0.15) is 12.3 Å². The summed E-state index contributed by atoms with van der Waals surface area (Å²) < 4.78 is 10.1. The van der Waals surface area contributed by atoms with E-state index >= 15 is 0 Å². The lowest BCUT2D eigenvalue weighted by molar-refractivity contribution is -0.152. The molecule has 2 bridgehead atoms. The number of amides is 2. The number of methoxy groups -OCH3 is 1. The Hall–Kier alpha value is -2.96. The molecule has 4 aliphatic carbocycles. The number of benzene rings is 1. The number of carbonyl (C=O) groups excluding carboxylic acids is 4. The molecular weight excluding hydrogens is 374 g/mol. The Morgan fingerprint density at radius 3 is 2.14 bits per heavy atom. The molecule has 150 valence electrons. The second-order valence-corrected chi connectivity index (χ2v) is 8.23. The number of nitrogens with zero attached hydrogens (tertiary/aromatic N) is 1. The number of ether oxygens (including phenoxy) is 2. The van der Waals surface area contributed by atoms with Gasteiger partial charge in [-0.05, 0) is 54.4 Å². The lowest BCUT2D eigenvalue weighted by atomic mass is 9.63. The molecule has 1 aliphatic heterocycles. The quantitative estimate of drug-likeness (QED) is 0.314. The first-order valence-corrected chi connectivity index (χ1v) is 9.86. The molecule has 0 radical (unpaired) electrons. The molecule has 0 unspecified atom stereocenters. The highest BCUT2D eigenvalue weighted by Gasteiger charge is 2.67. The van der Waals surface area contributed by atoms with Gasteiger partial charge in [0.15, 0.2) is 12.4 Å². The van der Waals surface area contributed by atoms with Crippen LogP contribution in [0.15, 0.2) is 36.4 Å². The smallest absolute Gasteiger partial charge is 0.326 e. The van der Waals surface area contributed by atoms with Crippen molar-refractivity contribution >= 4 is 23.6 Å². The van der Waals surface area contributed by atoms with Crippen molar-refractivity contribution in [3.05, 3.63) is 42.0 Å². The van der Waals surface area contributed by atoms with E-state index in [1.807, 2.05) is 0 Å². The Morgan fingerprint density at radius 2 is 1.59 bits per heavy atom. The van der Waals surface area contributed by atoms with Gasteiger partial charge in [0.2, 0.25) is 11.8 Å². The summed E-state index contributed by atoms with van der Waals surface area (Å²) >= 11 is 0.